The molecule has 3 heterocycles. The van der Waals surface area contributed by atoms with Crippen LogP contribution in [0.25, 0.3) is 11.1 Å². The number of carbonyl (C=O) groups is 2. The van der Waals surface area contributed by atoms with Gasteiger partial charge in [0.2, 0.25) is 11.9 Å². The first-order valence-electron chi connectivity index (χ1n) is 13.7. The molecular weight excluding hydrogens is 517 g/mol. The summed E-state index contributed by atoms with van der Waals surface area (Å²) in [6, 6.07) is 4.17. The molecule has 2 fully saturated rings. The number of H-pyrrole nitrogens is 1. The summed E-state index contributed by atoms with van der Waals surface area (Å²) in [6.07, 6.45) is 9.42. The Morgan fingerprint density at radius 2 is 1.95 bits per heavy atom. The van der Waals surface area contributed by atoms with Crippen molar-refractivity contribution in [2.75, 3.05) is 17.3 Å². The van der Waals surface area contributed by atoms with Crippen molar-refractivity contribution < 1.29 is 14.0 Å². The van der Waals surface area contributed by atoms with Gasteiger partial charge in [0.25, 0.3) is 5.91 Å². The largest absolute Gasteiger partial charge is 0.339 e. The molecule has 0 saturated heterocycles. The molecule has 0 aliphatic heterocycles. The third-order valence-corrected chi connectivity index (χ3v) is 8.38. The number of aromatic amines is 1. The van der Waals surface area contributed by atoms with Crippen molar-refractivity contribution >= 4 is 29.4 Å². The van der Waals surface area contributed by atoms with Gasteiger partial charge < -0.3 is 10.6 Å². The normalized spacial score (nSPS) is 15.9. The van der Waals surface area contributed by atoms with Crippen LogP contribution in [0.2, 0.25) is 0 Å². The minimum Gasteiger partial charge on any atom is -0.339 e. The lowest BCUT2D eigenvalue weighted by atomic mass is 9.88. The molecular formula is C28H36FN7O2S. The zero-order valence-electron chi connectivity index (χ0n) is 22.7. The van der Waals surface area contributed by atoms with Crippen molar-refractivity contribution in [2.24, 2.45) is 17.8 Å². The molecule has 3 aromatic heterocycles. The highest BCUT2D eigenvalue weighted by molar-refractivity contribution is 7.98. The minimum absolute atomic E-state index is 0.0478. The molecule has 9 nitrogen and oxygen atoms in total. The van der Waals surface area contributed by atoms with Gasteiger partial charge in [-0.05, 0) is 93.4 Å². The van der Waals surface area contributed by atoms with Crippen LogP contribution in [0.4, 0.5) is 10.2 Å². The van der Waals surface area contributed by atoms with E-state index in [1.54, 1.807) is 40.8 Å². The van der Waals surface area contributed by atoms with Gasteiger partial charge in [-0.1, -0.05) is 6.92 Å². The van der Waals surface area contributed by atoms with Crippen LogP contribution in [0, 0.1) is 30.6 Å². The van der Waals surface area contributed by atoms with Gasteiger partial charge in [-0.2, -0.15) is 26.3 Å². The van der Waals surface area contributed by atoms with Crippen molar-refractivity contribution in [3.05, 3.63) is 47.4 Å². The van der Waals surface area contributed by atoms with E-state index in [0.29, 0.717) is 41.6 Å². The van der Waals surface area contributed by atoms with Crippen molar-refractivity contribution in [1.82, 2.24) is 30.3 Å². The summed E-state index contributed by atoms with van der Waals surface area (Å²) in [4.78, 5) is 31.1. The molecule has 39 heavy (non-hydrogen) atoms. The Morgan fingerprint density at radius 1 is 1.21 bits per heavy atom. The van der Waals surface area contributed by atoms with Crippen LogP contribution in [-0.4, -0.2) is 54.8 Å². The smallest absolute Gasteiger partial charge is 0.270 e. The summed E-state index contributed by atoms with van der Waals surface area (Å²) < 4.78 is 16.9. The third kappa shape index (κ3) is 6.18. The van der Waals surface area contributed by atoms with Gasteiger partial charge in [0, 0.05) is 29.6 Å². The second-order valence-corrected chi connectivity index (χ2v) is 11.5. The van der Waals surface area contributed by atoms with Gasteiger partial charge in [-0.25, -0.2) is 4.98 Å². The van der Waals surface area contributed by atoms with Crippen LogP contribution in [-0.2, 0) is 17.8 Å². The Balaban J connectivity index is 1.35. The molecule has 2 saturated carbocycles. The molecule has 0 aromatic carbocycles. The molecule has 2 aliphatic rings. The van der Waals surface area contributed by atoms with Gasteiger partial charge in [-0.3, -0.25) is 19.4 Å². The molecule has 5 rings (SSSR count). The monoisotopic (exact) mass is 553 g/mol. The van der Waals surface area contributed by atoms with Crippen molar-refractivity contribution in [2.45, 2.75) is 65.0 Å². The second kappa shape index (κ2) is 11.9. The Morgan fingerprint density at radius 3 is 2.59 bits per heavy atom. The van der Waals surface area contributed by atoms with Crippen molar-refractivity contribution in [3.8, 4) is 11.1 Å². The van der Waals surface area contributed by atoms with Crippen LogP contribution >= 0.6 is 11.8 Å². The predicted octanol–water partition coefficient (Wildman–Crippen LogP) is 4.60. The third-order valence-electron chi connectivity index (χ3n) is 7.68. The van der Waals surface area contributed by atoms with E-state index in [1.807, 2.05) is 20.1 Å². The first-order chi connectivity index (χ1) is 18.9. The molecule has 1 atom stereocenters. The number of pyridine rings is 1. The van der Waals surface area contributed by atoms with Crippen LogP contribution in [0.5, 0.6) is 0 Å². The number of aryl methyl sites for hydroxylation is 3. The number of rotatable bonds is 13. The molecule has 0 radical (unpaired) electrons. The van der Waals surface area contributed by atoms with Gasteiger partial charge in [0.1, 0.15) is 17.6 Å². The molecule has 3 N–H and O–H groups in total. The quantitative estimate of drug-likeness (QED) is 0.210. The fourth-order valence-corrected chi connectivity index (χ4v) is 5.91. The van der Waals surface area contributed by atoms with Gasteiger partial charge in [-0.15, -0.1) is 0 Å². The zero-order valence-corrected chi connectivity index (χ0v) is 23.5. The Hall–Kier alpha value is -3.21. The maximum atomic E-state index is 15.2. The highest BCUT2D eigenvalue weighted by Gasteiger charge is 2.48. The zero-order chi connectivity index (χ0) is 27.5. The van der Waals surface area contributed by atoms with E-state index in [1.165, 1.54) is 0 Å². The van der Waals surface area contributed by atoms with E-state index in [2.05, 4.69) is 30.9 Å². The average molecular weight is 554 g/mol. The highest BCUT2D eigenvalue weighted by atomic mass is 32.2. The molecule has 11 heteroatoms. The van der Waals surface area contributed by atoms with Gasteiger partial charge in [0.05, 0.1) is 5.69 Å². The van der Waals surface area contributed by atoms with Crippen LogP contribution < -0.4 is 10.6 Å². The van der Waals surface area contributed by atoms with E-state index in [0.717, 1.165) is 49.2 Å². The van der Waals surface area contributed by atoms with E-state index in [-0.39, 0.29) is 23.6 Å². The van der Waals surface area contributed by atoms with E-state index >= 15 is 4.39 Å². The van der Waals surface area contributed by atoms with Gasteiger partial charge >= 0.3 is 0 Å². The SMILES string of the molecule is CCc1n[nH]c(C)c1-c1ccc(NC(=O)[C@@H](NC(=O)c2ccnn2CCCSC)C(C2CC2)C2CC2)nc1F. The molecule has 3 aromatic rings. The summed E-state index contributed by atoms with van der Waals surface area (Å²) in [5.74, 6) is 0.586. The van der Waals surface area contributed by atoms with E-state index in [4.69, 9.17) is 0 Å². The molecule has 0 unspecified atom stereocenters. The van der Waals surface area contributed by atoms with Crippen molar-refractivity contribution in [3.63, 3.8) is 0 Å². The number of carbonyl (C=O) groups excluding carboxylic acids is 2. The number of amides is 2. The predicted molar refractivity (Wildman–Crippen MR) is 150 cm³/mol. The van der Waals surface area contributed by atoms with E-state index in [9.17, 15) is 9.59 Å². The molecule has 0 bridgehead atoms. The number of hydrogen-bond donors (Lipinski definition) is 3. The average Bonchev–Trinajstić information content (AvgIpc) is 3.85. The standard InChI is InChI=1S/C28H36FN7O2S/c1-4-20-23(16(2)34-35-20)19-10-11-22(31-26(19)29)32-28(38)25(24(17-6-7-17)18-8-9-18)33-27(37)21-12-13-30-36(21)14-5-15-39-3/h10-13,17-18,24-25H,4-9,14-15H2,1-3H3,(H,33,37)(H,34,35)(H,31,32,38)/t25-/m0/s1. The summed E-state index contributed by atoms with van der Waals surface area (Å²) >= 11 is 1.75. The lowest BCUT2D eigenvalue weighted by molar-refractivity contribution is -0.119. The fraction of sp³-hybridized carbons (Fsp3) is 0.536. The second-order valence-electron chi connectivity index (χ2n) is 10.5. The maximum Gasteiger partial charge on any atom is 0.270 e. The molecule has 2 amide bonds. The summed E-state index contributed by atoms with van der Waals surface area (Å²) in [7, 11) is 0. The summed E-state index contributed by atoms with van der Waals surface area (Å²) in [5.41, 5.74) is 3.00. The number of anilines is 1. The van der Waals surface area contributed by atoms with Crippen LogP contribution in [0.1, 0.15) is 60.9 Å². The number of nitrogens with zero attached hydrogens (tertiary/aromatic N) is 4. The minimum atomic E-state index is -0.737. The Bertz CT molecular complexity index is 1320. The molecule has 0 spiro atoms. The summed E-state index contributed by atoms with van der Waals surface area (Å²) in [6.45, 7) is 4.43. The van der Waals surface area contributed by atoms with Crippen LogP contribution in [0.15, 0.2) is 24.4 Å². The number of halogens is 1. The van der Waals surface area contributed by atoms with E-state index < -0.39 is 12.0 Å². The van der Waals surface area contributed by atoms with Gasteiger partial charge in [0.15, 0.2) is 0 Å². The molecule has 2 aliphatic carbocycles. The molecule has 208 valence electrons. The fourth-order valence-electron chi connectivity index (χ4n) is 5.49. The lowest BCUT2D eigenvalue weighted by Gasteiger charge is -2.27. The van der Waals surface area contributed by atoms with Crippen LogP contribution in [0.3, 0.4) is 0 Å². The number of aromatic nitrogens is 5. The number of nitrogens with one attached hydrogen (secondary N) is 3. The first kappa shape index (κ1) is 27.4. The maximum absolute atomic E-state index is 15.2. The number of thioether (sulfide) groups is 1. The first-order valence-corrected chi connectivity index (χ1v) is 15.1. The highest BCUT2D eigenvalue weighted by Crippen LogP contribution is 2.51. The lowest BCUT2D eigenvalue weighted by Crippen LogP contribution is -2.50. The van der Waals surface area contributed by atoms with Crippen molar-refractivity contribution in [1.29, 1.82) is 0 Å². The Labute approximate surface area is 232 Å². The topological polar surface area (TPSA) is 118 Å². The number of hydrogen-bond acceptors (Lipinski definition) is 6. The summed E-state index contributed by atoms with van der Waals surface area (Å²) in [5, 5.41) is 17.3. The Kier molecular flexibility index (Phi) is 8.34.